The maximum atomic E-state index is 11.1. The lowest BCUT2D eigenvalue weighted by Gasteiger charge is -2.17. The van der Waals surface area contributed by atoms with E-state index in [0.717, 1.165) is 11.1 Å². The Balaban J connectivity index is 2.42. The molecule has 0 amide bonds. The monoisotopic (exact) mass is 294 g/mol. The number of hydrogen-bond acceptors (Lipinski definition) is 4. The van der Waals surface area contributed by atoms with Gasteiger partial charge in [-0.2, -0.15) is 0 Å². The average molecular weight is 295 g/mol. The lowest BCUT2D eigenvalue weighted by atomic mass is 10.0. The first-order valence-electron chi connectivity index (χ1n) is 6.19. The van der Waals surface area contributed by atoms with Crippen LogP contribution in [-0.2, 0) is 4.79 Å². The minimum absolute atomic E-state index is 0.363. The molecule has 0 saturated heterocycles. The second kappa shape index (κ2) is 5.58. The first-order chi connectivity index (χ1) is 9.41. The number of aryl methyl sites for hydroxylation is 1. The van der Waals surface area contributed by atoms with E-state index in [-0.39, 0.29) is 6.04 Å². The van der Waals surface area contributed by atoms with Crippen LogP contribution in [0.25, 0.3) is 11.4 Å². The molecule has 1 aromatic carbocycles. The van der Waals surface area contributed by atoms with E-state index in [1.54, 1.807) is 19.9 Å². The van der Waals surface area contributed by atoms with E-state index in [9.17, 15) is 4.79 Å². The molecule has 20 heavy (non-hydrogen) atoms. The third kappa shape index (κ3) is 2.65. The highest BCUT2D eigenvalue weighted by Gasteiger charge is 2.25. The van der Waals surface area contributed by atoms with Crippen molar-refractivity contribution in [2.24, 2.45) is 5.92 Å². The maximum absolute atomic E-state index is 11.1. The van der Waals surface area contributed by atoms with Crippen LogP contribution in [0.2, 0.25) is 5.02 Å². The molecule has 0 aliphatic heterocycles. The SMILES string of the molecule is Cc1ccc(-c2nnnn2C(C)C(C)C(=O)O)cc1Cl. The van der Waals surface area contributed by atoms with Crippen molar-refractivity contribution in [3.8, 4) is 11.4 Å². The summed E-state index contributed by atoms with van der Waals surface area (Å²) in [6.45, 7) is 5.30. The van der Waals surface area contributed by atoms with Crippen LogP contribution in [-0.4, -0.2) is 31.3 Å². The van der Waals surface area contributed by atoms with E-state index >= 15 is 0 Å². The summed E-state index contributed by atoms with van der Waals surface area (Å²) in [5.41, 5.74) is 1.72. The smallest absolute Gasteiger partial charge is 0.308 e. The Morgan fingerprint density at radius 3 is 2.70 bits per heavy atom. The molecule has 6 nitrogen and oxygen atoms in total. The highest BCUT2D eigenvalue weighted by atomic mass is 35.5. The molecule has 2 atom stereocenters. The maximum Gasteiger partial charge on any atom is 0.308 e. The molecule has 2 aromatic rings. The predicted octanol–water partition coefficient (Wildman–Crippen LogP) is 2.58. The number of tetrazole rings is 1. The number of rotatable bonds is 4. The molecule has 1 aromatic heterocycles. The Labute approximate surface area is 121 Å². The third-order valence-corrected chi connectivity index (χ3v) is 3.83. The molecule has 106 valence electrons. The molecule has 0 bridgehead atoms. The zero-order valence-electron chi connectivity index (χ0n) is 11.4. The van der Waals surface area contributed by atoms with E-state index in [1.165, 1.54) is 4.68 Å². The molecule has 0 aliphatic rings. The zero-order chi connectivity index (χ0) is 14.9. The quantitative estimate of drug-likeness (QED) is 0.937. The summed E-state index contributed by atoms with van der Waals surface area (Å²) in [6.07, 6.45) is 0. The molecule has 2 rings (SSSR count). The lowest BCUT2D eigenvalue weighted by Crippen LogP contribution is -2.23. The van der Waals surface area contributed by atoms with Crippen LogP contribution in [0.5, 0.6) is 0 Å². The summed E-state index contributed by atoms with van der Waals surface area (Å²) >= 11 is 6.10. The fraction of sp³-hybridized carbons (Fsp3) is 0.385. The lowest BCUT2D eigenvalue weighted by molar-refractivity contribution is -0.142. The molecular formula is C13H15ClN4O2. The number of carboxylic acid groups (broad SMARTS) is 1. The second-order valence-electron chi connectivity index (χ2n) is 4.78. The first-order valence-corrected chi connectivity index (χ1v) is 6.56. The first kappa shape index (κ1) is 14.5. The molecule has 2 unspecified atom stereocenters. The van der Waals surface area contributed by atoms with Gasteiger partial charge in [-0.3, -0.25) is 4.79 Å². The Morgan fingerprint density at radius 2 is 2.10 bits per heavy atom. The number of aromatic nitrogens is 4. The zero-order valence-corrected chi connectivity index (χ0v) is 12.2. The molecular weight excluding hydrogens is 280 g/mol. The summed E-state index contributed by atoms with van der Waals surface area (Å²) in [6, 6.07) is 5.15. The summed E-state index contributed by atoms with van der Waals surface area (Å²) < 4.78 is 1.51. The van der Waals surface area contributed by atoms with E-state index in [2.05, 4.69) is 15.5 Å². The van der Waals surface area contributed by atoms with Crippen LogP contribution in [0.15, 0.2) is 18.2 Å². The molecule has 0 aliphatic carbocycles. The number of benzene rings is 1. The van der Waals surface area contributed by atoms with Gasteiger partial charge in [0, 0.05) is 10.6 Å². The fourth-order valence-corrected chi connectivity index (χ4v) is 1.99. The van der Waals surface area contributed by atoms with Gasteiger partial charge in [-0.05, 0) is 42.8 Å². The summed E-state index contributed by atoms with van der Waals surface area (Å²) in [5, 5.41) is 21.2. The van der Waals surface area contributed by atoms with Gasteiger partial charge in [-0.25, -0.2) is 4.68 Å². The van der Waals surface area contributed by atoms with E-state index in [4.69, 9.17) is 16.7 Å². The average Bonchev–Trinajstić information content (AvgIpc) is 2.89. The topological polar surface area (TPSA) is 80.9 Å². The van der Waals surface area contributed by atoms with Crippen molar-refractivity contribution in [3.63, 3.8) is 0 Å². The van der Waals surface area contributed by atoms with Crippen LogP contribution in [0.1, 0.15) is 25.5 Å². The van der Waals surface area contributed by atoms with Crippen molar-refractivity contribution >= 4 is 17.6 Å². The normalized spacial score (nSPS) is 14.0. The highest BCUT2D eigenvalue weighted by Crippen LogP contribution is 2.27. The van der Waals surface area contributed by atoms with E-state index in [1.807, 2.05) is 19.1 Å². The standard InChI is InChI=1S/C13H15ClN4O2/c1-7-4-5-10(6-11(7)14)12-15-16-17-18(12)9(3)8(2)13(19)20/h4-6,8-9H,1-3H3,(H,19,20). The number of nitrogens with zero attached hydrogens (tertiary/aromatic N) is 4. The minimum Gasteiger partial charge on any atom is -0.481 e. The Bertz CT molecular complexity index is 641. The van der Waals surface area contributed by atoms with Crippen LogP contribution >= 0.6 is 11.6 Å². The van der Waals surface area contributed by atoms with Gasteiger partial charge >= 0.3 is 5.97 Å². The Hall–Kier alpha value is -1.95. The number of halogens is 1. The molecule has 0 radical (unpaired) electrons. The minimum atomic E-state index is -0.888. The summed E-state index contributed by atoms with van der Waals surface area (Å²) in [4.78, 5) is 11.1. The highest BCUT2D eigenvalue weighted by molar-refractivity contribution is 6.31. The fourth-order valence-electron chi connectivity index (χ4n) is 1.81. The molecule has 7 heteroatoms. The van der Waals surface area contributed by atoms with Crippen LogP contribution in [0.4, 0.5) is 0 Å². The van der Waals surface area contributed by atoms with E-state index in [0.29, 0.717) is 10.8 Å². The van der Waals surface area contributed by atoms with Crippen molar-refractivity contribution in [1.29, 1.82) is 0 Å². The van der Waals surface area contributed by atoms with Crippen molar-refractivity contribution in [2.75, 3.05) is 0 Å². The van der Waals surface area contributed by atoms with Gasteiger partial charge < -0.3 is 5.11 Å². The molecule has 0 fully saturated rings. The van der Waals surface area contributed by atoms with Gasteiger partial charge in [-0.15, -0.1) is 5.10 Å². The molecule has 0 saturated carbocycles. The number of aliphatic carboxylic acids is 1. The van der Waals surface area contributed by atoms with Crippen molar-refractivity contribution in [2.45, 2.75) is 26.8 Å². The van der Waals surface area contributed by atoms with Crippen molar-refractivity contribution < 1.29 is 9.90 Å². The van der Waals surface area contributed by atoms with E-state index < -0.39 is 11.9 Å². The predicted molar refractivity (Wildman–Crippen MR) is 74.5 cm³/mol. The number of carbonyl (C=O) groups is 1. The van der Waals surface area contributed by atoms with Gasteiger partial charge in [0.05, 0.1) is 12.0 Å². The van der Waals surface area contributed by atoms with Crippen molar-refractivity contribution in [1.82, 2.24) is 20.2 Å². The van der Waals surface area contributed by atoms with Gasteiger partial charge in [-0.1, -0.05) is 23.7 Å². The number of carboxylic acids is 1. The Kier molecular flexibility index (Phi) is 4.04. The number of hydrogen-bond donors (Lipinski definition) is 1. The molecule has 1 N–H and O–H groups in total. The van der Waals surface area contributed by atoms with Crippen LogP contribution in [0, 0.1) is 12.8 Å². The Morgan fingerprint density at radius 1 is 1.40 bits per heavy atom. The van der Waals surface area contributed by atoms with Crippen LogP contribution in [0.3, 0.4) is 0 Å². The van der Waals surface area contributed by atoms with Crippen molar-refractivity contribution in [3.05, 3.63) is 28.8 Å². The largest absolute Gasteiger partial charge is 0.481 e. The summed E-state index contributed by atoms with van der Waals surface area (Å²) in [7, 11) is 0. The second-order valence-corrected chi connectivity index (χ2v) is 5.19. The summed E-state index contributed by atoms with van der Waals surface area (Å²) in [5.74, 6) is -0.980. The van der Waals surface area contributed by atoms with Gasteiger partial charge in [0.25, 0.3) is 0 Å². The third-order valence-electron chi connectivity index (χ3n) is 3.42. The van der Waals surface area contributed by atoms with Gasteiger partial charge in [0.15, 0.2) is 5.82 Å². The van der Waals surface area contributed by atoms with Gasteiger partial charge in [0.1, 0.15) is 0 Å². The van der Waals surface area contributed by atoms with Crippen LogP contribution < -0.4 is 0 Å². The molecule has 0 spiro atoms. The van der Waals surface area contributed by atoms with Gasteiger partial charge in [0.2, 0.25) is 0 Å². The molecule has 1 heterocycles.